The number of aromatic nitrogens is 3. The summed E-state index contributed by atoms with van der Waals surface area (Å²) >= 11 is 0. The van der Waals surface area contributed by atoms with Crippen LogP contribution in [0.4, 0.5) is 27.6 Å². The predicted molar refractivity (Wildman–Crippen MR) is 111 cm³/mol. The molecule has 34 heavy (non-hydrogen) atoms. The maximum Gasteiger partial charge on any atom is 0.422 e. The zero-order valence-corrected chi connectivity index (χ0v) is 17.8. The Morgan fingerprint density at radius 2 is 1.88 bits per heavy atom. The summed E-state index contributed by atoms with van der Waals surface area (Å²) in [4.78, 5) is 25.5. The minimum Gasteiger partial charge on any atom is -0.483 e. The molecule has 7 nitrogen and oxygen atoms in total. The van der Waals surface area contributed by atoms with Gasteiger partial charge in [0.2, 0.25) is 0 Å². The van der Waals surface area contributed by atoms with Gasteiger partial charge < -0.3 is 10.1 Å². The Kier molecular flexibility index (Phi) is 6.15. The second kappa shape index (κ2) is 8.92. The number of alkyl halides is 3. The highest BCUT2D eigenvalue weighted by Crippen LogP contribution is 2.39. The Morgan fingerprint density at radius 3 is 2.50 bits per heavy atom. The van der Waals surface area contributed by atoms with Crippen LogP contribution in [-0.4, -0.2) is 33.0 Å². The fourth-order valence-electron chi connectivity index (χ4n) is 3.42. The first-order valence-corrected chi connectivity index (χ1v) is 10.4. The third kappa shape index (κ3) is 4.80. The van der Waals surface area contributed by atoms with Crippen LogP contribution in [0, 0.1) is 11.6 Å². The Labute approximate surface area is 189 Å². The minimum atomic E-state index is -4.76. The summed E-state index contributed by atoms with van der Waals surface area (Å²) < 4.78 is 74.3. The Hall–Kier alpha value is -3.70. The lowest BCUT2D eigenvalue weighted by molar-refractivity contribution is -0.153. The molecule has 1 saturated carbocycles. The summed E-state index contributed by atoms with van der Waals surface area (Å²) in [5, 5.41) is 6.35. The first kappa shape index (κ1) is 23.5. The van der Waals surface area contributed by atoms with Crippen LogP contribution < -0.4 is 15.7 Å². The van der Waals surface area contributed by atoms with E-state index in [1.807, 2.05) is 0 Å². The van der Waals surface area contributed by atoms with Crippen molar-refractivity contribution in [1.29, 1.82) is 0 Å². The van der Waals surface area contributed by atoms with Gasteiger partial charge in [-0.2, -0.15) is 17.9 Å². The van der Waals surface area contributed by atoms with Crippen LogP contribution >= 0.6 is 0 Å². The molecule has 1 N–H and O–H groups in total. The van der Waals surface area contributed by atoms with Gasteiger partial charge in [-0.25, -0.2) is 13.6 Å². The molecule has 0 spiro atoms. The molecule has 180 valence electrons. The van der Waals surface area contributed by atoms with E-state index in [9.17, 15) is 27.2 Å². The first-order valence-electron chi connectivity index (χ1n) is 10.4. The van der Waals surface area contributed by atoms with Gasteiger partial charge >= 0.3 is 11.9 Å². The number of carbonyl (C=O) groups excluding carboxylic acids is 1. The van der Waals surface area contributed by atoms with E-state index < -0.39 is 53.0 Å². The number of benzene rings is 2. The number of halogens is 5. The van der Waals surface area contributed by atoms with Gasteiger partial charge in [-0.15, -0.1) is 5.10 Å². The topological polar surface area (TPSA) is 78.2 Å². The number of amides is 1. The van der Waals surface area contributed by atoms with E-state index in [4.69, 9.17) is 4.74 Å². The maximum absolute atomic E-state index is 15.1. The molecule has 0 unspecified atom stereocenters. The van der Waals surface area contributed by atoms with Crippen LogP contribution in [0.25, 0.3) is 5.69 Å². The van der Waals surface area contributed by atoms with Gasteiger partial charge in [0.15, 0.2) is 6.61 Å². The van der Waals surface area contributed by atoms with Crippen molar-refractivity contribution < 1.29 is 31.5 Å². The average Bonchev–Trinajstić information content (AvgIpc) is 3.57. The van der Waals surface area contributed by atoms with Crippen LogP contribution in [0.2, 0.25) is 0 Å². The van der Waals surface area contributed by atoms with Crippen LogP contribution in [0.3, 0.4) is 0 Å². The van der Waals surface area contributed by atoms with Crippen LogP contribution in [0.5, 0.6) is 5.75 Å². The summed E-state index contributed by atoms with van der Waals surface area (Å²) in [6, 6.07) is 6.53. The van der Waals surface area contributed by atoms with Gasteiger partial charge in [0.25, 0.3) is 5.91 Å². The van der Waals surface area contributed by atoms with Crippen LogP contribution in [0.1, 0.15) is 41.9 Å². The molecule has 0 radical (unpaired) electrons. The minimum absolute atomic E-state index is 0.0451. The molecular formula is C22H19F5N4O3. The maximum atomic E-state index is 15.1. The lowest BCUT2D eigenvalue weighted by atomic mass is 10.1. The number of para-hydroxylation sites is 1. The predicted octanol–water partition coefficient (Wildman–Crippen LogP) is 4.40. The van der Waals surface area contributed by atoms with Crippen molar-refractivity contribution in [3.63, 3.8) is 0 Å². The number of rotatable bonds is 7. The summed E-state index contributed by atoms with van der Waals surface area (Å²) in [5.74, 6) is -3.14. The van der Waals surface area contributed by atoms with E-state index in [-0.39, 0.29) is 18.2 Å². The van der Waals surface area contributed by atoms with Gasteiger partial charge in [0.1, 0.15) is 28.9 Å². The molecule has 2 aromatic carbocycles. The zero-order chi connectivity index (χ0) is 24.6. The van der Waals surface area contributed by atoms with Crippen molar-refractivity contribution in [3.8, 4) is 11.4 Å². The van der Waals surface area contributed by atoms with Crippen molar-refractivity contribution in [3.05, 3.63) is 69.9 Å². The Balaban J connectivity index is 1.78. The van der Waals surface area contributed by atoms with Gasteiger partial charge in [-0.3, -0.25) is 9.36 Å². The SMILES string of the molecule is CCn1c(C2CC2)nn(-c2cc(OCC(F)(F)F)c(C(=O)Nc3ccccc3F)cc2F)c1=O. The number of hydrogen-bond acceptors (Lipinski definition) is 4. The lowest BCUT2D eigenvalue weighted by Crippen LogP contribution is -2.25. The van der Waals surface area contributed by atoms with E-state index in [1.165, 1.54) is 22.8 Å². The average molecular weight is 482 g/mol. The van der Waals surface area contributed by atoms with E-state index >= 15 is 4.39 Å². The first-order chi connectivity index (χ1) is 16.1. The number of nitrogens with one attached hydrogen (secondary N) is 1. The number of nitrogens with zero attached hydrogens (tertiary/aromatic N) is 3. The molecule has 0 saturated heterocycles. The molecule has 12 heteroatoms. The van der Waals surface area contributed by atoms with E-state index in [0.717, 1.165) is 29.7 Å². The van der Waals surface area contributed by atoms with Crippen molar-refractivity contribution in [2.45, 2.75) is 38.4 Å². The zero-order valence-electron chi connectivity index (χ0n) is 17.8. The molecule has 1 amide bonds. The smallest absolute Gasteiger partial charge is 0.422 e. The summed E-state index contributed by atoms with van der Waals surface area (Å²) in [6.07, 6.45) is -3.13. The molecule has 0 atom stereocenters. The van der Waals surface area contributed by atoms with Crippen molar-refractivity contribution in [2.24, 2.45) is 0 Å². The number of ether oxygens (including phenoxy) is 1. The molecule has 1 fully saturated rings. The molecule has 3 aromatic rings. The second-order valence-corrected chi connectivity index (χ2v) is 7.71. The van der Waals surface area contributed by atoms with Crippen molar-refractivity contribution in [2.75, 3.05) is 11.9 Å². The molecule has 4 rings (SSSR count). The summed E-state index contributed by atoms with van der Waals surface area (Å²) in [6.45, 7) is 0.209. The van der Waals surface area contributed by atoms with Gasteiger partial charge in [-0.1, -0.05) is 12.1 Å². The highest BCUT2D eigenvalue weighted by atomic mass is 19.4. The monoisotopic (exact) mass is 482 g/mol. The standard InChI is InChI=1S/C22H19F5N4O3/c1-2-30-19(12-7-8-12)29-31(21(30)33)17-10-18(34-11-22(25,26)27)13(9-15(17)24)20(32)28-16-6-4-3-5-14(16)23/h3-6,9-10,12H,2,7-8,11H2,1H3,(H,28,32). The number of hydrogen-bond donors (Lipinski definition) is 1. The van der Waals surface area contributed by atoms with Gasteiger partial charge in [-0.05, 0) is 38.0 Å². The fourth-order valence-corrected chi connectivity index (χ4v) is 3.42. The second-order valence-electron chi connectivity index (χ2n) is 7.71. The number of carbonyl (C=O) groups is 1. The fraction of sp³-hybridized carbons (Fsp3) is 0.318. The highest BCUT2D eigenvalue weighted by Gasteiger charge is 2.33. The molecule has 0 aliphatic heterocycles. The lowest BCUT2D eigenvalue weighted by Gasteiger charge is -2.15. The van der Waals surface area contributed by atoms with E-state index in [1.54, 1.807) is 6.92 Å². The molecular weight excluding hydrogens is 463 g/mol. The molecule has 0 bridgehead atoms. The molecule has 1 aliphatic rings. The Bertz CT molecular complexity index is 1290. The third-order valence-corrected chi connectivity index (χ3v) is 5.19. The summed E-state index contributed by atoms with van der Waals surface area (Å²) in [7, 11) is 0. The van der Waals surface area contributed by atoms with Gasteiger partial charge in [0.05, 0.1) is 11.3 Å². The largest absolute Gasteiger partial charge is 0.483 e. The number of anilines is 1. The van der Waals surface area contributed by atoms with Crippen LogP contribution in [-0.2, 0) is 6.54 Å². The molecule has 1 aliphatic carbocycles. The normalized spacial score (nSPS) is 13.7. The van der Waals surface area contributed by atoms with Crippen LogP contribution in [0.15, 0.2) is 41.2 Å². The van der Waals surface area contributed by atoms with Crippen molar-refractivity contribution in [1.82, 2.24) is 14.3 Å². The Morgan fingerprint density at radius 1 is 1.18 bits per heavy atom. The third-order valence-electron chi connectivity index (χ3n) is 5.19. The highest BCUT2D eigenvalue weighted by molar-refractivity contribution is 6.06. The van der Waals surface area contributed by atoms with E-state index in [2.05, 4.69) is 10.4 Å². The quantitative estimate of drug-likeness (QED) is 0.507. The van der Waals surface area contributed by atoms with Gasteiger partial charge in [0, 0.05) is 18.5 Å². The molecule has 1 aromatic heterocycles. The van der Waals surface area contributed by atoms with E-state index in [0.29, 0.717) is 11.9 Å². The summed E-state index contributed by atoms with van der Waals surface area (Å²) in [5.41, 5.74) is -2.02. The van der Waals surface area contributed by atoms with Crippen molar-refractivity contribution >= 4 is 11.6 Å². The molecule has 1 heterocycles.